The lowest BCUT2D eigenvalue weighted by Crippen LogP contribution is -2.22. The second-order valence-electron chi connectivity index (χ2n) is 4.41. The molecule has 0 aliphatic heterocycles. The van der Waals surface area contributed by atoms with Crippen LogP contribution in [0.15, 0.2) is 18.2 Å². The molecule has 112 valence electrons. The molecular formula is C15H18N2O4. The number of nitrogens with one attached hydrogen (secondary N) is 1. The summed E-state index contributed by atoms with van der Waals surface area (Å²) >= 11 is 0. The zero-order valence-electron chi connectivity index (χ0n) is 12.0. The molecule has 0 fully saturated rings. The molecule has 3 N–H and O–H groups in total. The van der Waals surface area contributed by atoms with Gasteiger partial charge in [0.25, 0.3) is 0 Å². The van der Waals surface area contributed by atoms with Gasteiger partial charge in [-0.05, 0) is 32.0 Å². The normalized spacial score (nSPS) is 9.86. The van der Waals surface area contributed by atoms with Crippen molar-refractivity contribution in [2.24, 2.45) is 5.73 Å². The smallest absolute Gasteiger partial charge is 0.338 e. The van der Waals surface area contributed by atoms with Gasteiger partial charge in [-0.3, -0.25) is 4.79 Å². The summed E-state index contributed by atoms with van der Waals surface area (Å²) in [6.45, 7) is 3.35. The third kappa shape index (κ3) is 5.16. The molecule has 0 saturated heterocycles. The molecule has 0 bridgehead atoms. The standard InChI is InChI=1S/C15H18N2O4/c1-4-7-20-13-8-11(15(19)21-10(2)3)5-6-12(13)17-14(18)9-16/h1,5-6,8,10H,7,9,16H2,2-3H3,(H,17,18). The quantitative estimate of drug-likeness (QED) is 0.606. The maximum atomic E-state index is 11.8. The minimum Gasteiger partial charge on any atom is -0.479 e. The summed E-state index contributed by atoms with van der Waals surface area (Å²) < 4.78 is 10.4. The van der Waals surface area contributed by atoms with Gasteiger partial charge in [-0.25, -0.2) is 4.79 Å². The lowest BCUT2D eigenvalue weighted by Gasteiger charge is -2.13. The van der Waals surface area contributed by atoms with E-state index in [9.17, 15) is 9.59 Å². The van der Waals surface area contributed by atoms with Crippen LogP contribution in [0.25, 0.3) is 0 Å². The van der Waals surface area contributed by atoms with E-state index in [0.717, 1.165) is 0 Å². The van der Waals surface area contributed by atoms with Gasteiger partial charge in [-0.15, -0.1) is 6.42 Å². The largest absolute Gasteiger partial charge is 0.479 e. The number of carbonyl (C=O) groups excluding carboxylic acids is 2. The second kappa shape index (κ2) is 7.92. The van der Waals surface area contributed by atoms with Gasteiger partial charge >= 0.3 is 5.97 Å². The van der Waals surface area contributed by atoms with Crippen LogP contribution in [-0.2, 0) is 9.53 Å². The fraction of sp³-hybridized carbons (Fsp3) is 0.333. The van der Waals surface area contributed by atoms with Gasteiger partial charge in [0.1, 0.15) is 12.4 Å². The fourth-order valence-electron chi connectivity index (χ4n) is 1.47. The molecular weight excluding hydrogens is 272 g/mol. The molecule has 0 atom stereocenters. The van der Waals surface area contributed by atoms with Gasteiger partial charge in [0.05, 0.1) is 23.9 Å². The van der Waals surface area contributed by atoms with Crippen LogP contribution in [-0.4, -0.2) is 31.1 Å². The van der Waals surface area contributed by atoms with E-state index < -0.39 is 5.97 Å². The molecule has 0 spiro atoms. The highest BCUT2D eigenvalue weighted by Crippen LogP contribution is 2.26. The van der Waals surface area contributed by atoms with Crippen molar-refractivity contribution < 1.29 is 19.1 Å². The molecule has 1 aromatic carbocycles. The Hall–Kier alpha value is -2.52. The van der Waals surface area contributed by atoms with Gasteiger partial charge in [-0.1, -0.05) is 5.92 Å². The van der Waals surface area contributed by atoms with E-state index in [2.05, 4.69) is 11.2 Å². The van der Waals surface area contributed by atoms with Crippen molar-refractivity contribution in [2.45, 2.75) is 20.0 Å². The molecule has 0 aliphatic carbocycles. The monoisotopic (exact) mass is 290 g/mol. The molecule has 0 aromatic heterocycles. The summed E-state index contributed by atoms with van der Waals surface area (Å²) in [7, 11) is 0. The zero-order valence-corrected chi connectivity index (χ0v) is 12.0. The minimum atomic E-state index is -0.479. The first-order valence-electron chi connectivity index (χ1n) is 6.39. The summed E-state index contributed by atoms with van der Waals surface area (Å²) in [5, 5.41) is 2.57. The Kier molecular flexibility index (Phi) is 6.24. The Morgan fingerprint density at radius 3 is 2.71 bits per heavy atom. The highest BCUT2D eigenvalue weighted by molar-refractivity contribution is 5.95. The Bertz CT molecular complexity index is 561. The van der Waals surface area contributed by atoms with Crippen molar-refractivity contribution in [2.75, 3.05) is 18.5 Å². The predicted octanol–water partition coefficient (Wildman–Crippen LogP) is 1.16. The molecule has 6 nitrogen and oxygen atoms in total. The molecule has 0 saturated carbocycles. The third-order valence-electron chi connectivity index (χ3n) is 2.33. The Morgan fingerprint density at radius 2 is 2.14 bits per heavy atom. The topological polar surface area (TPSA) is 90.6 Å². The van der Waals surface area contributed by atoms with E-state index >= 15 is 0 Å². The first kappa shape index (κ1) is 16.5. The Balaban J connectivity index is 3.03. The van der Waals surface area contributed by atoms with E-state index in [0.29, 0.717) is 11.3 Å². The number of esters is 1. The number of ether oxygens (including phenoxy) is 2. The lowest BCUT2D eigenvalue weighted by atomic mass is 10.2. The Labute approximate surface area is 123 Å². The molecule has 0 unspecified atom stereocenters. The molecule has 1 aromatic rings. The van der Waals surface area contributed by atoms with Gasteiger partial charge in [0, 0.05) is 0 Å². The van der Waals surface area contributed by atoms with E-state index in [1.54, 1.807) is 13.8 Å². The number of hydrogen-bond donors (Lipinski definition) is 2. The summed E-state index contributed by atoms with van der Waals surface area (Å²) in [4.78, 5) is 23.2. The van der Waals surface area contributed by atoms with Crippen molar-refractivity contribution >= 4 is 17.6 Å². The fourth-order valence-corrected chi connectivity index (χ4v) is 1.47. The zero-order chi connectivity index (χ0) is 15.8. The summed E-state index contributed by atoms with van der Waals surface area (Å²) in [6, 6.07) is 4.53. The number of anilines is 1. The van der Waals surface area contributed by atoms with Gasteiger partial charge in [0.15, 0.2) is 0 Å². The molecule has 0 radical (unpaired) electrons. The van der Waals surface area contributed by atoms with E-state index in [-0.39, 0.29) is 30.9 Å². The van der Waals surface area contributed by atoms with E-state index in [1.807, 2.05) is 0 Å². The minimum absolute atomic E-state index is 0.00811. The van der Waals surface area contributed by atoms with Crippen molar-refractivity contribution in [1.82, 2.24) is 0 Å². The SMILES string of the molecule is C#CCOc1cc(C(=O)OC(C)C)ccc1NC(=O)CN. The summed E-state index contributed by atoms with van der Waals surface area (Å²) in [6.07, 6.45) is 4.91. The molecule has 1 rings (SSSR count). The van der Waals surface area contributed by atoms with E-state index in [4.69, 9.17) is 21.6 Å². The van der Waals surface area contributed by atoms with Crippen LogP contribution in [0, 0.1) is 12.3 Å². The maximum Gasteiger partial charge on any atom is 0.338 e. The van der Waals surface area contributed by atoms with Crippen molar-refractivity contribution in [3.8, 4) is 18.1 Å². The Morgan fingerprint density at radius 1 is 1.43 bits per heavy atom. The summed E-state index contributed by atoms with van der Waals surface area (Å²) in [5.74, 6) is 1.74. The number of terminal acetylenes is 1. The van der Waals surface area contributed by atoms with Crippen molar-refractivity contribution in [1.29, 1.82) is 0 Å². The number of benzene rings is 1. The van der Waals surface area contributed by atoms with Crippen LogP contribution >= 0.6 is 0 Å². The average molecular weight is 290 g/mol. The number of amides is 1. The third-order valence-corrected chi connectivity index (χ3v) is 2.33. The van der Waals surface area contributed by atoms with Crippen LogP contribution in [0.1, 0.15) is 24.2 Å². The van der Waals surface area contributed by atoms with Gasteiger partial charge < -0.3 is 20.5 Å². The molecule has 6 heteroatoms. The molecule has 0 aliphatic rings. The average Bonchev–Trinajstić information content (AvgIpc) is 2.45. The first-order chi connectivity index (χ1) is 9.97. The summed E-state index contributed by atoms with van der Waals surface area (Å²) in [5.41, 5.74) is 5.94. The molecule has 1 amide bonds. The highest BCUT2D eigenvalue weighted by atomic mass is 16.5. The first-order valence-corrected chi connectivity index (χ1v) is 6.39. The number of hydrogen-bond acceptors (Lipinski definition) is 5. The van der Waals surface area contributed by atoms with Crippen LogP contribution in [0.2, 0.25) is 0 Å². The van der Waals surface area contributed by atoms with Crippen molar-refractivity contribution in [3.63, 3.8) is 0 Å². The molecule has 0 heterocycles. The van der Waals surface area contributed by atoms with Crippen molar-refractivity contribution in [3.05, 3.63) is 23.8 Å². The van der Waals surface area contributed by atoms with Gasteiger partial charge in [-0.2, -0.15) is 0 Å². The highest BCUT2D eigenvalue weighted by Gasteiger charge is 2.14. The predicted molar refractivity (Wildman–Crippen MR) is 79.0 cm³/mol. The lowest BCUT2D eigenvalue weighted by molar-refractivity contribution is -0.114. The number of rotatable bonds is 6. The van der Waals surface area contributed by atoms with Crippen LogP contribution in [0.3, 0.4) is 0 Å². The maximum absolute atomic E-state index is 11.8. The van der Waals surface area contributed by atoms with E-state index in [1.165, 1.54) is 18.2 Å². The van der Waals surface area contributed by atoms with Crippen LogP contribution < -0.4 is 15.8 Å². The van der Waals surface area contributed by atoms with Gasteiger partial charge in [0.2, 0.25) is 5.91 Å². The van der Waals surface area contributed by atoms with Crippen LogP contribution in [0.5, 0.6) is 5.75 Å². The number of nitrogens with two attached hydrogens (primary N) is 1. The number of carbonyl (C=O) groups is 2. The van der Waals surface area contributed by atoms with Crippen LogP contribution in [0.4, 0.5) is 5.69 Å². The molecule has 21 heavy (non-hydrogen) atoms. The second-order valence-corrected chi connectivity index (χ2v) is 4.41.